The molecule has 0 atom stereocenters. The molecule has 3 nitrogen and oxygen atoms in total. The van der Waals surface area contributed by atoms with Gasteiger partial charge in [0.1, 0.15) is 0 Å². The maximum atomic E-state index is 6.10. The zero-order valence-electron chi connectivity index (χ0n) is 11.9. The van der Waals surface area contributed by atoms with E-state index < -0.39 is 0 Å². The SMILES string of the molecule is I.NC(=NCC1CCCCCCC1)N1CCSCC1. The first-order valence-corrected chi connectivity index (χ1v) is 8.64. The quantitative estimate of drug-likeness (QED) is 0.442. The Morgan fingerprint density at radius 3 is 2.26 bits per heavy atom. The first kappa shape index (κ1) is 17.4. The minimum atomic E-state index is 0. The predicted molar refractivity (Wildman–Crippen MR) is 96.6 cm³/mol. The van der Waals surface area contributed by atoms with Crippen molar-refractivity contribution in [3.63, 3.8) is 0 Å². The van der Waals surface area contributed by atoms with Gasteiger partial charge < -0.3 is 10.6 Å². The second kappa shape index (κ2) is 10.1. The van der Waals surface area contributed by atoms with E-state index in [-0.39, 0.29) is 24.0 Å². The molecule has 0 spiro atoms. The Bertz CT molecular complexity index is 259. The number of guanidine groups is 1. The number of halogens is 1. The third kappa shape index (κ3) is 6.56. The van der Waals surface area contributed by atoms with E-state index in [2.05, 4.69) is 9.89 Å². The van der Waals surface area contributed by atoms with Crippen LogP contribution in [0.2, 0.25) is 0 Å². The third-order valence-corrected chi connectivity index (χ3v) is 5.01. The lowest BCUT2D eigenvalue weighted by molar-refractivity contribution is 0.382. The molecule has 0 radical (unpaired) electrons. The second-order valence-corrected chi connectivity index (χ2v) is 6.73. The van der Waals surface area contributed by atoms with Crippen molar-refractivity contribution in [1.82, 2.24) is 4.90 Å². The minimum Gasteiger partial charge on any atom is -0.370 e. The van der Waals surface area contributed by atoms with Crippen molar-refractivity contribution in [3.8, 4) is 0 Å². The molecule has 0 aromatic rings. The molecule has 0 aromatic heterocycles. The highest BCUT2D eigenvalue weighted by Gasteiger charge is 2.14. The fraction of sp³-hybridized carbons (Fsp3) is 0.929. The lowest BCUT2D eigenvalue weighted by Gasteiger charge is -2.27. The Hall–Kier alpha value is 0.350. The molecule has 1 saturated carbocycles. The van der Waals surface area contributed by atoms with Gasteiger partial charge in [0.2, 0.25) is 0 Å². The summed E-state index contributed by atoms with van der Waals surface area (Å²) in [7, 11) is 0. The van der Waals surface area contributed by atoms with E-state index in [9.17, 15) is 0 Å². The van der Waals surface area contributed by atoms with Gasteiger partial charge in [0, 0.05) is 31.1 Å². The van der Waals surface area contributed by atoms with Gasteiger partial charge in [-0.15, -0.1) is 24.0 Å². The fourth-order valence-corrected chi connectivity index (χ4v) is 3.74. The number of rotatable bonds is 2. The summed E-state index contributed by atoms with van der Waals surface area (Å²) in [5.74, 6) is 3.96. The van der Waals surface area contributed by atoms with Gasteiger partial charge in [-0.05, 0) is 18.8 Å². The molecule has 1 saturated heterocycles. The van der Waals surface area contributed by atoms with Gasteiger partial charge >= 0.3 is 0 Å². The molecule has 1 heterocycles. The van der Waals surface area contributed by atoms with Gasteiger partial charge in [0.25, 0.3) is 0 Å². The van der Waals surface area contributed by atoms with E-state index >= 15 is 0 Å². The zero-order valence-corrected chi connectivity index (χ0v) is 15.0. The number of aliphatic imine (C=N–C) groups is 1. The van der Waals surface area contributed by atoms with Crippen molar-refractivity contribution >= 4 is 41.7 Å². The molecule has 2 fully saturated rings. The summed E-state index contributed by atoms with van der Waals surface area (Å²) < 4.78 is 0. The highest BCUT2D eigenvalue weighted by Crippen LogP contribution is 2.22. The van der Waals surface area contributed by atoms with E-state index in [1.54, 1.807) is 0 Å². The van der Waals surface area contributed by atoms with Crippen LogP contribution in [0.5, 0.6) is 0 Å². The second-order valence-electron chi connectivity index (χ2n) is 5.51. The molecule has 2 rings (SSSR count). The van der Waals surface area contributed by atoms with E-state index in [4.69, 9.17) is 5.73 Å². The first-order valence-electron chi connectivity index (χ1n) is 7.49. The molecule has 0 bridgehead atoms. The molecule has 0 amide bonds. The predicted octanol–water partition coefficient (Wildman–Crippen LogP) is 3.33. The summed E-state index contributed by atoms with van der Waals surface area (Å²) in [5.41, 5.74) is 6.10. The highest BCUT2D eigenvalue weighted by molar-refractivity contribution is 14.0. The van der Waals surface area contributed by atoms with Crippen molar-refractivity contribution in [3.05, 3.63) is 0 Å². The zero-order chi connectivity index (χ0) is 12.6. The molecule has 0 unspecified atom stereocenters. The topological polar surface area (TPSA) is 41.6 Å². The Morgan fingerprint density at radius 2 is 1.63 bits per heavy atom. The molecule has 112 valence electrons. The number of hydrogen-bond acceptors (Lipinski definition) is 2. The molecule has 2 aliphatic rings. The van der Waals surface area contributed by atoms with Crippen LogP contribution in [0.15, 0.2) is 4.99 Å². The van der Waals surface area contributed by atoms with Crippen LogP contribution in [0.3, 0.4) is 0 Å². The molecular weight excluding hydrogens is 369 g/mol. The summed E-state index contributed by atoms with van der Waals surface area (Å²) in [6, 6.07) is 0. The minimum absolute atomic E-state index is 0. The largest absolute Gasteiger partial charge is 0.370 e. The maximum Gasteiger partial charge on any atom is 0.191 e. The number of hydrogen-bond donors (Lipinski definition) is 1. The summed E-state index contributed by atoms with van der Waals surface area (Å²) in [4.78, 5) is 6.90. The van der Waals surface area contributed by atoms with E-state index in [0.29, 0.717) is 0 Å². The summed E-state index contributed by atoms with van der Waals surface area (Å²) in [6.07, 6.45) is 9.75. The van der Waals surface area contributed by atoms with Crippen molar-refractivity contribution < 1.29 is 0 Å². The van der Waals surface area contributed by atoms with Crippen LogP contribution in [0.4, 0.5) is 0 Å². The number of nitrogens with two attached hydrogens (primary N) is 1. The standard InChI is InChI=1S/C14H27N3S.HI/c15-14(17-8-10-18-11-9-17)16-12-13-6-4-2-1-3-5-7-13;/h13H,1-12H2,(H2,15,16);1H. The first-order chi connectivity index (χ1) is 8.86. The van der Waals surface area contributed by atoms with Crippen molar-refractivity contribution in [2.75, 3.05) is 31.1 Å². The number of thioether (sulfide) groups is 1. The molecule has 19 heavy (non-hydrogen) atoms. The normalized spacial score (nSPS) is 23.4. The van der Waals surface area contributed by atoms with Crippen LogP contribution in [-0.4, -0.2) is 42.0 Å². The van der Waals surface area contributed by atoms with Gasteiger partial charge in [0.05, 0.1) is 0 Å². The molecule has 2 N–H and O–H groups in total. The molecule has 1 aliphatic carbocycles. The highest BCUT2D eigenvalue weighted by atomic mass is 127. The summed E-state index contributed by atoms with van der Waals surface area (Å²) in [6.45, 7) is 3.10. The lowest BCUT2D eigenvalue weighted by atomic mass is 9.91. The fourth-order valence-electron chi connectivity index (χ4n) is 2.84. The molecular formula is C14H28IN3S. The summed E-state index contributed by atoms with van der Waals surface area (Å²) >= 11 is 2.02. The number of nitrogens with zero attached hydrogens (tertiary/aromatic N) is 2. The summed E-state index contributed by atoms with van der Waals surface area (Å²) in [5, 5.41) is 0. The third-order valence-electron chi connectivity index (χ3n) is 4.07. The van der Waals surface area contributed by atoms with E-state index in [0.717, 1.165) is 31.5 Å². The van der Waals surface area contributed by atoms with Crippen molar-refractivity contribution in [2.45, 2.75) is 44.9 Å². The van der Waals surface area contributed by atoms with Gasteiger partial charge in [-0.1, -0.05) is 32.1 Å². The van der Waals surface area contributed by atoms with Crippen LogP contribution in [-0.2, 0) is 0 Å². The Morgan fingerprint density at radius 1 is 1.05 bits per heavy atom. The smallest absolute Gasteiger partial charge is 0.191 e. The van der Waals surface area contributed by atoms with Crippen LogP contribution in [0.1, 0.15) is 44.9 Å². The van der Waals surface area contributed by atoms with Crippen molar-refractivity contribution in [2.24, 2.45) is 16.6 Å². The molecule has 0 aromatic carbocycles. The van der Waals surface area contributed by atoms with Crippen LogP contribution < -0.4 is 5.73 Å². The van der Waals surface area contributed by atoms with E-state index in [1.807, 2.05) is 11.8 Å². The lowest BCUT2D eigenvalue weighted by Crippen LogP contribution is -2.42. The maximum absolute atomic E-state index is 6.10. The van der Waals surface area contributed by atoms with Gasteiger partial charge in [-0.2, -0.15) is 11.8 Å². The van der Waals surface area contributed by atoms with E-state index in [1.165, 1.54) is 56.5 Å². The monoisotopic (exact) mass is 397 g/mol. The Balaban J connectivity index is 0.00000180. The molecule has 5 heteroatoms. The Labute approximate surface area is 139 Å². The van der Waals surface area contributed by atoms with Gasteiger partial charge in [0.15, 0.2) is 5.96 Å². The van der Waals surface area contributed by atoms with Crippen LogP contribution in [0.25, 0.3) is 0 Å². The average Bonchev–Trinajstić information content (AvgIpc) is 2.38. The Kier molecular flexibility index (Phi) is 9.28. The van der Waals surface area contributed by atoms with Crippen molar-refractivity contribution in [1.29, 1.82) is 0 Å². The molecule has 1 aliphatic heterocycles. The average molecular weight is 397 g/mol. The van der Waals surface area contributed by atoms with Gasteiger partial charge in [-0.3, -0.25) is 4.99 Å². The van der Waals surface area contributed by atoms with Gasteiger partial charge in [-0.25, -0.2) is 0 Å². The van der Waals surface area contributed by atoms with Crippen LogP contribution in [0, 0.1) is 5.92 Å². The van der Waals surface area contributed by atoms with Crippen LogP contribution >= 0.6 is 35.7 Å².